The van der Waals surface area contributed by atoms with Gasteiger partial charge in [-0.3, -0.25) is 4.90 Å². The Kier molecular flexibility index (Phi) is 7.09. The van der Waals surface area contributed by atoms with Gasteiger partial charge in [-0.2, -0.15) is 0 Å². The van der Waals surface area contributed by atoms with Crippen molar-refractivity contribution in [2.75, 3.05) is 19.6 Å². The van der Waals surface area contributed by atoms with Crippen LogP contribution in [0.3, 0.4) is 0 Å². The molecule has 0 saturated carbocycles. The topological polar surface area (TPSA) is 41.3 Å². The summed E-state index contributed by atoms with van der Waals surface area (Å²) in [5.41, 5.74) is 1.01. The zero-order valence-corrected chi connectivity index (χ0v) is 12.2. The molecule has 1 fully saturated rings. The van der Waals surface area contributed by atoms with Gasteiger partial charge in [0.15, 0.2) is 0 Å². The SMILES string of the molecule is Cc1nc(CN2CCNC[C@H]2C)oc1C.Cl.Cl. The van der Waals surface area contributed by atoms with Crippen LogP contribution in [0.4, 0.5) is 0 Å². The fourth-order valence-corrected chi connectivity index (χ4v) is 1.90. The van der Waals surface area contributed by atoms with Crippen LogP contribution in [0.2, 0.25) is 0 Å². The number of hydrogen-bond donors (Lipinski definition) is 1. The van der Waals surface area contributed by atoms with E-state index in [0.29, 0.717) is 6.04 Å². The van der Waals surface area contributed by atoms with Crippen LogP contribution in [0, 0.1) is 13.8 Å². The van der Waals surface area contributed by atoms with Crippen LogP contribution in [0.25, 0.3) is 0 Å². The lowest BCUT2D eigenvalue weighted by molar-refractivity contribution is 0.150. The zero-order valence-electron chi connectivity index (χ0n) is 10.5. The summed E-state index contributed by atoms with van der Waals surface area (Å²) >= 11 is 0. The molecule has 1 N–H and O–H groups in total. The molecule has 4 nitrogen and oxygen atoms in total. The van der Waals surface area contributed by atoms with E-state index in [0.717, 1.165) is 43.5 Å². The Hall–Kier alpha value is -0.290. The molecule has 0 spiro atoms. The van der Waals surface area contributed by atoms with E-state index in [1.165, 1.54) is 0 Å². The first-order valence-electron chi connectivity index (χ1n) is 5.54. The largest absolute Gasteiger partial charge is 0.444 e. The first-order chi connectivity index (χ1) is 7.16. The number of oxazole rings is 1. The number of piperazine rings is 1. The average Bonchev–Trinajstić information content (AvgIpc) is 2.50. The maximum atomic E-state index is 5.59. The van der Waals surface area contributed by atoms with Crippen molar-refractivity contribution in [2.45, 2.75) is 33.4 Å². The van der Waals surface area contributed by atoms with E-state index >= 15 is 0 Å². The number of nitrogens with zero attached hydrogens (tertiary/aromatic N) is 2. The normalized spacial score (nSPS) is 20.5. The van der Waals surface area contributed by atoms with E-state index in [4.69, 9.17) is 4.42 Å². The molecule has 0 unspecified atom stereocenters. The van der Waals surface area contributed by atoms with Crippen LogP contribution in [0.15, 0.2) is 4.42 Å². The Morgan fingerprint density at radius 2 is 2.12 bits per heavy atom. The second-order valence-electron chi connectivity index (χ2n) is 4.27. The highest BCUT2D eigenvalue weighted by Gasteiger charge is 2.19. The summed E-state index contributed by atoms with van der Waals surface area (Å²) in [5.74, 6) is 1.78. The summed E-state index contributed by atoms with van der Waals surface area (Å²) in [6.45, 7) is 10.2. The Balaban J connectivity index is 0.00000128. The van der Waals surface area contributed by atoms with Gasteiger partial charge in [0.2, 0.25) is 5.89 Å². The summed E-state index contributed by atoms with van der Waals surface area (Å²) in [5, 5.41) is 3.37. The minimum Gasteiger partial charge on any atom is -0.444 e. The minimum atomic E-state index is 0. The first kappa shape index (κ1) is 16.7. The molecule has 2 rings (SSSR count). The Morgan fingerprint density at radius 1 is 1.41 bits per heavy atom. The third-order valence-electron chi connectivity index (χ3n) is 3.05. The van der Waals surface area contributed by atoms with Crippen molar-refractivity contribution in [3.63, 3.8) is 0 Å². The highest BCUT2D eigenvalue weighted by Crippen LogP contribution is 2.13. The van der Waals surface area contributed by atoms with E-state index in [-0.39, 0.29) is 24.8 Å². The first-order valence-corrected chi connectivity index (χ1v) is 5.54. The highest BCUT2D eigenvalue weighted by molar-refractivity contribution is 5.85. The molecule has 1 aliphatic rings. The number of nitrogens with one attached hydrogen (secondary N) is 1. The maximum absolute atomic E-state index is 5.59. The quantitative estimate of drug-likeness (QED) is 0.900. The summed E-state index contributed by atoms with van der Waals surface area (Å²) in [7, 11) is 0. The molecule has 1 aromatic heterocycles. The number of rotatable bonds is 2. The molecule has 17 heavy (non-hydrogen) atoms. The van der Waals surface area contributed by atoms with Gasteiger partial charge in [-0.05, 0) is 20.8 Å². The van der Waals surface area contributed by atoms with Gasteiger partial charge >= 0.3 is 0 Å². The third kappa shape index (κ3) is 4.14. The zero-order chi connectivity index (χ0) is 10.8. The van der Waals surface area contributed by atoms with Crippen molar-refractivity contribution in [2.24, 2.45) is 0 Å². The third-order valence-corrected chi connectivity index (χ3v) is 3.05. The highest BCUT2D eigenvalue weighted by atomic mass is 35.5. The molecule has 0 bridgehead atoms. The minimum absolute atomic E-state index is 0. The van der Waals surface area contributed by atoms with Crippen LogP contribution >= 0.6 is 24.8 Å². The second kappa shape index (κ2) is 7.21. The smallest absolute Gasteiger partial charge is 0.208 e. The summed E-state index contributed by atoms with van der Waals surface area (Å²) in [6, 6.07) is 0.561. The molecule has 0 radical (unpaired) electrons. The predicted molar refractivity (Wildman–Crippen MR) is 73.2 cm³/mol. The molecule has 0 amide bonds. The molecule has 100 valence electrons. The van der Waals surface area contributed by atoms with Gasteiger partial charge in [-0.1, -0.05) is 0 Å². The summed E-state index contributed by atoms with van der Waals surface area (Å²) in [4.78, 5) is 6.81. The fraction of sp³-hybridized carbons (Fsp3) is 0.727. The van der Waals surface area contributed by atoms with Crippen LogP contribution < -0.4 is 5.32 Å². The Labute approximate surface area is 115 Å². The molecule has 2 heterocycles. The van der Waals surface area contributed by atoms with E-state index < -0.39 is 0 Å². The molecule has 0 aromatic carbocycles. The standard InChI is InChI=1S/C11H19N3O.2ClH/c1-8-6-12-4-5-14(8)7-11-13-9(2)10(3)15-11;;/h8,12H,4-7H2,1-3H3;2*1H/t8-;;/m1../s1. The molecular weight excluding hydrogens is 261 g/mol. The van der Waals surface area contributed by atoms with Crippen molar-refractivity contribution in [3.8, 4) is 0 Å². The number of aromatic nitrogens is 1. The number of halogens is 2. The average molecular weight is 282 g/mol. The predicted octanol–water partition coefficient (Wildman–Crippen LogP) is 1.93. The van der Waals surface area contributed by atoms with Crippen LogP contribution in [-0.4, -0.2) is 35.6 Å². The van der Waals surface area contributed by atoms with Crippen molar-refractivity contribution >= 4 is 24.8 Å². The lowest BCUT2D eigenvalue weighted by Crippen LogP contribution is -2.49. The molecule has 1 aliphatic heterocycles. The fourth-order valence-electron chi connectivity index (χ4n) is 1.90. The van der Waals surface area contributed by atoms with E-state index in [1.807, 2.05) is 13.8 Å². The maximum Gasteiger partial charge on any atom is 0.208 e. The van der Waals surface area contributed by atoms with Gasteiger partial charge in [0.1, 0.15) is 5.76 Å². The molecule has 1 saturated heterocycles. The molecule has 0 aliphatic carbocycles. The van der Waals surface area contributed by atoms with Gasteiger partial charge in [0.25, 0.3) is 0 Å². The van der Waals surface area contributed by atoms with Gasteiger partial charge in [-0.25, -0.2) is 4.98 Å². The molecule has 6 heteroatoms. The van der Waals surface area contributed by atoms with E-state index in [2.05, 4.69) is 22.1 Å². The van der Waals surface area contributed by atoms with Crippen LogP contribution in [0.5, 0.6) is 0 Å². The van der Waals surface area contributed by atoms with Gasteiger partial charge < -0.3 is 9.73 Å². The molecular formula is C11H21Cl2N3O. The van der Waals surface area contributed by atoms with Gasteiger partial charge in [-0.15, -0.1) is 24.8 Å². The summed E-state index contributed by atoms with van der Waals surface area (Å²) < 4.78 is 5.59. The van der Waals surface area contributed by atoms with Crippen molar-refractivity contribution in [1.82, 2.24) is 15.2 Å². The van der Waals surface area contributed by atoms with Gasteiger partial charge in [0, 0.05) is 25.7 Å². The monoisotopic (exact) mass is 281 g/mol. The van der Waals surface area contributed by atoms with Gasteiger partial charge in [0.05, 0.1) is 12.2 Å². The summed E-state index contributed by atoms with van der Waals surface area (Å²) in [6.07, 6.45) is 0. The number of aryl methyl sites for hydroxylation is 2. The van der Waals surface area contributed by atoms with Crippen molar-refractivity contribution in [3.05, 3.63) is 17.3 Å². The van der Waals surface area contributed by atoms with Crippen LogP contribution in [0.1, 0.15) is 24.3 Å². The molecule has 1 atom stereocenters. The van der Waals surface area contributed by atoms with Crippen LogP contribution in [-0.2, 0) is 6.54 Å². The van der Waals surface area contributed by atoms with Crippen molar-refractivity contribution in [1.29, 1.82) is 0 Å². The van der Waals surface area contributed by atoms with E-state index in [9.17, 15) is 0 Å². The lowest BCUT2D eigenvalue weighted by atomic mass is 10.2. The Morgan fingerprint density at radius 3 is 2.65 bits per heavy atom. The van der Waals surface area contributed by atoms with Crippen molar-refractivity contribution < 1.29 is 4.42 Å². The molecule has 1 aromatic rings. The number of hydrogen-bond acceptors (Lipinski definition) is 4. The van der Waals surface area contributed by atoms with E-state index in [1.54, 1.807) is 0 Å². The second-order valence-corrected chi connectivity index (χ2v) is 4.27. The lowest BCUT2D eigenvalue weighted by Gasteiger charge is -2.32. The Bertz CT molecular complexity index is 324.